The van der Waals surface area contributed by atoms with E-state index >= 15 is 0 Å². The summed E-state index contributed by atoms with van der Waals surface area (Å²) >= 11 is 0. The Morgan fingerprint density at radius 3 is 2.71 bits per heavy atom. The highest BCUT2D eigenvalue weighted by Gasteiger charge is 2.19. The van der Waals surface area contributed by atoms with Gasteiger partial charge in [-0.2, -0.15) is 0 Å². The fourth-order valence-corrected chi connectivity index (χ4v) is 3.33. The summed E-state index contributed by atoms with van der Waals surface area (Å²) in [7, 11) is 0. The SMILES string of the molecule is O=C(Cn1ccc2ccc(F)cc21)Nc1cccc(C(=O)N2CCOCC2)c1. The second-order valence-corrected chi connectivity index (χ2v) is 6.68. The van der Waals surface area contributed by atoms with Crippen LogP contribution in [-0.4, -0.2) is 47.6 Å². The third-order valence-electron chi connectivity index (χ3n) is 4.74. The first-order valence-corrected chi connectivity index (χ1v) is 9.11. The van der Waals surface area contributed by atoms with Crippen LogP contribution >= 0.6 is 0 Å². The summed E-state index contributed by atoms with van der Waals surface area (Å²) in [5.74, 6) is -0.675. The van der Waals surface area contributed by atoms with E-state index in [9.17, 15) is 14.0 Å². The van der Waals surface area contributed by atoms with Crippen molar-refractivity contribution in [2.45, 2.75) is 6.54 Å². The molecular weight excluding hydrogens is 361 g/mol. The summed E-state index contributed by atoms with van der Waals surface area (Å²) in [4.78, 5) is 26.8. The van der Waals surface area contributed by atoms with Gasteiger partial charge in [-0.05, 0) is 47.9 Å². The van der Waals surface area contributed by atoms with Crippen molar-refractivity contribution in [3.63, 3.8) is 0 Å². The first kappa shape index (κ1) is 18.2. The molecular formula is C21H20FN3O3. The Balaban J connectivity index is 1.45. The number of carbonyl (C=O) groups excluding carboxylic acids is 2. The molecule has 2 heterocycles. The minimum atomic E-state index is -0.345. The molecule has 0 aliphatic carbocycles. The predicted molar refractivity (Wildman–Crippen MR) is 104 cm³/mol. The Hall–Kier alpha value is -3.19. The molecule has 1 aliphatic heterocycles. The smallest absolute Gasteiger partial charge is 0.254 e. The number of benzene rings is 2. The number of aromatic nitrogens is 1. The number of fused-ring (bicyclic) bond motifs is 1. The molecule has 0 bridgehead atoms. The van der Waals surface area contributed by atoms with Crippen LogP contribution < -0.4 is 5.32 Å². The highest BCUT2D eigenvalue weighted by molar-refractivity contribution is 5.97. The molecule has 0 atom stereocenters. The number of amides is 2. The van der Waals surface area contributed by atoms with Crippen molar-refractivity contribution >= 4 is 28.4 Å². The van der Waals surface area contributed by atoms with E-state index in [-0.39, 0.29) is 24.2 Å². The Labute approximate surface area is 161 Å². The molecule has 1 N–H and O–H groups in total. The minimum Gasteiger partial charge on any atom is -0.378 e. The number of hydrogen-bond donors (Lipinski definition) is 1. The Bertz CT molecular complexity index is 1020. The van der Waals surface area contributed by atoms with E-state index in [1.165, 1.54) is 12.1 Å². The Kier molecular flexibility index (Phi) is 5.08. The topological polar surface area (TPSA) is 63.6 Å². The maximum atomic E-state index is 13.5. The molecule has 1 aromatic heterocycles. The number of nitrogens with one attached hydrogen (secondary N) is 1. The van der Waals surface area contributed by atoms with Gasteiger partial charge in [0.2, 0.25) is 5.91 Å². The van der Waals surface area contributed by atoms with Crippen LogP contribution in [0.15, 0.2) is 54.7 Å². The molecule has 28 heavy (non-hydrogen) atoms. The van der Waals surface area contributed by atoms with Crippen molar-refractivity contribution < 1.29 is 18.7 Å². The Morgan fingerprint density at radius 2 is 1.89 bits per heavy atom. The maximum Gasteiger partial charge on any atom is 0.254 e. The number of morpholine rings is 1. The van der Waals surface area contributed by atoms with Crippen LogP contribution in [0.25, 0.3) is 10.9 Å². The van der Waals surface area contributed by atoms with Crippen LogP contribution in [0, 0.1) is 5.82 Å². The number of hydrogen-bond acceptors (Lipinski definition) is 3. The van der Waals surface area contributed by atoms with Crippen LogP contribution in [0.4, 0.5) is 10.1 Å². The molecule has 144 valence electrons. The van der Waals surface area contributed by atoms with Crippen molar-refractivity contribution in [3.05, 3.63) is 66.1 Å². The van der Waals surface area contributed by atoms with Crippen molar-refractivity contribution in [2.75, 3.05) is 31.6 Å². The maximum absolute atomic E-state index is 13.5. The molecule has 3 aromatic rings. The predicted octanol–water partition coefficient (Wildman–Crippen LogP) is 2.89. The number of nitrogens with zero attached hydrogens (tertiary/aromatic N) is 2. The normalized spacial score (nSPS) is 14.2. The summed E-state index contributed by atoms with van der Waals surface area (Å²) in [6.45, 7) is 2.25. The zero-order valence-corrected chi connectivity index (χ0v) is 15.2. The second-order valence-electron chi connectivity index (χ2n) is 6.68. The third kappa shape index (κ3) is 3.89. The lowest BCUT2D eigenvalue weighted by Crippen LogP contribution is -2.40. The quantitative estimate of drug-likeness (QED) is 0.756. The average molecular weight is 381 g/mol. The molecule has 0 unspecified atom stereocenters. The van der Waals surface area contributed by atoms with Crippen molar-refractivity contribution in [1.29, 1.82) is 0 Å². The number of halogens is 1. The zero-order chi connectivity index (χ0) is 19.5. The van der Waals surface area contributed by atoms with Gasteiger partial charge in [-0.15, -0.1) is 0 Å². The number of rotatable bonds is 4. The second kappa shape index (κ2) is 7.82. The van der Waals surface area contributed by atoms with E-state index in [4.69, 9.17) is 4.74 Å². The average Bonchev–Trinajstić information content (AvgIpc) is 3.10. The lowest BCUT2D eigenvalue weighted by atomic mass is 10.1. The van der Waals surface area contributed by atoms with Gasteiger partial charge in [-0.1, -0.05) is 6.07 Å². The van der Waals surface area contributed by atoms with Crippen molar-refractivity contribution in [3.8, 4) is 0 Å². The van der Waals surface area contributed by atoms with Crippen LogP contribution in [0.5, 0.6) is 0 Å². The summed E-state index contributed by atoms with van der Waals surface area (Å²) in [5, 5.41) is 3.68. The Morgan fingerprint density at radius 1 is 1.07 bits per heavy atom. The van der Waals surface area contributed by atoms with Gasteiger partial charge in [0.15, 0.2) is 0 Å². The molecule has 0 spiro atoms. The molecule has 6 nitrogen and oxygen atoms in total. The van der Waals surface area contributed by atoms with Gasteiger partial charge in [0, 0.05) is 30.5 Å². The van der Waals surface area contributed by atoms with Crippen LogP contribution in [-0.2, 0) is 16.1 Å². The van der Waals surface area contributed by atoms with Gasteiger partial charge < -0.3 is 19.5 Å². The van der Waals surface area contributed by atoms with Gasteiger partial charge in [-0.3, -0.25) is 9.59 Å². The summed E-state index contributed by atoms with van der Waals surface area (Å²) < 4.78 is 20.5. The van der Waals surface area contributed by atoms with Gasteiger partial charge in [0.05, 0.1) is 18.7 Å². The molecule has 1 saturated heterocycles. The summed E-state index contributed by atoms with van der Waals surface area (Å²) in [6, 6.07) is 13.2. The monoisotopic (exact) mass is 381 g/mol. The zero-order valence-electron chi connectivity index (χ0n) is 15.2. The van der Waals surface area contributed by atoms with Gasteiger partial charge in [0.25, 0.3) is 5.91 Å². The van der Waals surface area contributed by atoms with Crippen molar-refractivity contribution in [2.24, 2.45) is 0 Å². The fraction of sp³-hybridized carbons (Fsp3) is 0.238. The first-order chi connectivity index (χ1) is 13.6. The highest BCUT2D eigenvalue weighted by atomic mass is 19.1. The third-order valence-corrected chi connectivity index (χ3v) is 4.74. The molecule has 1 fully saturated rings. The summed E-state index contributed by atoms with van der Waals surface area (Å²) in [6.07, 6.45) is 1.75. The van der Waals surface area contributed by atoms with Crippen LogP contribution in [0.1, 0.15) is 10.4 Å². The lowest BCUT2D eigenvalue weighted by molar-refractivity contribution is -0.116. The van der Waals surface area contributed by atoms with Crippen molar-refractivity contribution in [1.82, 2.24) is 9.47 Å². The van der Waals surface area contributed by atoms with Gasteiger partial charge in [0.1, 0.15) is 12.4 Å². The largest absolute Gasteiger partial charge is 0.378 e. The van der Waals surface area contributed by atoms with E-state index in [0.29, 0.717) is 43.1 Å². The number of ether oxygens (including phenoxy) is 1. The van der Waals surface area contributed by atoms with E-state index < -0.39 is 0 Å². The standard InChI is InChI=1S/C21H20FN3O3/c22-17-5-4-15-6-7-25(19(15)13-17)14-20(26)23-18-3-1-2-16(12-18)21(27)24-8-10-28-11-9-24/h1-7,12-13H,8-11,14H2,(H,23,26). The van der Waals surface area contributed by atoms with Crippen LogP contribution in [0.2, 0.25) is 0 Å². The highest BCUT2D eigenvalue weighted by Crippen LogP contribution is 2.18. The molecule has 1 aliphatic rings. The van der Waals surface area contributed by atoms with E-state index in [0.717, 1.165) is 5.39 Å². The molecule has 4 rings (SSSR count). The lowest BCUT2D eigenvalue weighted by Gasteiger charge is -2.27. The minimum absolute atomic E-state index is 0.0502. The molecule has 0 radical (unpaired) electrons. The summed E-state index contributed by atoms with van der Waals surface area (Å²) in [5.41, 5.74) is 1.73. The van der Waals surface area contributed by atoms with Crippen LogP contribution in [0.3, 0.4) is 0 Å². The van der Waals surface area contributed by atoms with E-state index in [2.05, 4.69) is 5.32 Å². The number of carbonyl (C=O) groups is 2. The van der Waals surface area contributed by atoms with Gasteiger partial charge >= 0.3 is 0 Å². The van der Waals surface area contributed by atoms with E-state index in [1.54, 1.807) is 46.0 Å². The molecule has 0 saturated carbocycles. The fourth-order valence-electron chi connectivity index (χ4n) is 3.33. The van der Waals surface area contributed by atoms with E-state index in [1.807, 2.05) is 6.07 Å². The molecule has 2 aromatic carbocycles. The molecule has 7 heteroatoms. The molecule has 2 amide bonds. The number of anilines is 1. The first-order valence-electron chi connectivity index (χ1n) is 9.11. The van der Waals surface area contributed by atoms with Gasteiger partial charge in [-0.25, -0.2) is 4.39 Å².